The molecule has 2 heterocycles. The van der Waals surface area contributed by atoms with Crippen LogP contribution in [0.1, 0.15) is 48.2 Å². The van der Waals surface area contributed by atoms with E-state index in [9.17, 15) is 4.79 Å². The van der Waals surface area contributed by atoms with Crippen LogP contribution < -0.4 is 15.4 Å². The highest BCUT2D eigenvalue weighted by Gasteiger charge is 2.47. The van der Waals surface area contributed by atoms with Gasteiger partial charge in [-0.15, -0.1) is 0 Å². The van der Waals surface area contributed by atoms with Crippen molar-refractivity contribution >= 4 is 17.5 Å². The highest BCUT2D eigenvalue weighted by molar-refractivity contribution is 6.30. The fraction of sp³-hybridized carbons (Fsp3) is 0.483. The second-order valence-corrected chi connectivity index (χ2v) is 11.4. The lowest BCUT2D eigenvalue weighted by Gasteiger charge is -2.54. The average Bonchev–Trinajstić information content (AvgIpc) is 3.25. The van der Waals surface area contributed by atoms with Crippen LogP contribution in [0.3, 0.4) is 0 Å². The molecule has 0 unspecified atom stereocenters. The molecule has 0 saturated heterocycles. The van der Waals surface area contributed by atoms with Gasteiger partial charge in [0.05, 0.1) is 24.7 Å². The van der Waals surface area contributed by atoms with Crippen molar-refractivity contribution in [3.05, 3.63) is 58.9 Å². The number of halogens is 1. The zero-order valence-corrected chi connectivity index (χ0v) is 22.2. The van der Waals surface area contributed by atoms with Gasteiger partial charge in [-0.05, 0) is 80.9 Å². The highest BCUT2D eigenvalue weighted by Crippen LogP contribution is 2.53. The lowest BCUT2D eigenvalue weighted by Crippen LogP contribution is -2.55. The Bertz CT molecular complexity index is 1240. The number of aromatic nitrogens is 3. The molecule has 0 atom stereocenters. The van der Waals surface area contributed by atoms with Gasteiger partial charge in [0, 0.05) is 41.3 Å². The van der Waals surface area contributed by atoms with E-state index in [1.54, 1.807) is 24.1 Å². The number of hydrogen-bond acceptors (Lipinski definition) is 5. The number of carbonyl (C=O) groups excluding carboxylic acids is 1. The minimum absolute atomic E-state index is 0.167. The molecule has 7 nitrogen and oxygen atoms in total. The molecule has 4 saturated carbocycles. The third-order valence-electron chi connectivity index (χ3n) is 8.65. The molecule has 7 rings (SSSR count). The molecule has 194 valence electrons. The van der Waals surface area contributed by atoms with E-state index in [1.807, 2.05) is 37.3 Å². The first-order chi connectivity index (χ1) is 18.0. The Labute approximate surface area is 223 Å². The number of rotatable bonds is 8. The number of methoxy groups -OCH3 is 1. The lowest BCUT2D eigenvalue weighted by atomic mass is 9.54. The van der Waals surface area contributed by atoms with Crippen LogP contribution in [-0.4, -0.2) is 46.9 Å². The quantitative estimate of drug-likeness (QED) is 0.407. The van der Waals surface area contributed by atoms with Crippen molar-refractivity contribution in [1.29, 1.82) is 0 Å². The predicted octanol–water partition coefficient (Wildman–Crippen LogP) is 5.05. The maximum Gasteiger partial charge on any atom is 0.272 e. The van der Waals surface area contributed by atoms with E-state index in [-0.39, 0.29) is 5.91 Å². The van der Waals surface area contributed by atoms with Crippen LogP contribution in [0.25, 0.3) is 16.9 Å². The molecule has 0 spiro atoms. The summed E-state index contributed by atoms with van der Waals surface area (Å²) in [7, 11) is 1.58. The molecule has 1 amide bonds. The summed E-state index contributed by atoms with van der Waals surface area (Å²) in [4.78, 5) is 17.6. The Morgan fingerprint density at radius 1 is 1.03 bits per heavy atom. The van der Waals surface area contributed by atoms with Gasteiger partial charge in [0.1, 0.15) is 0 Å². The zero-order valence-electron chi connectivity index (χ0n) is 21.4. The van der Waals surface area contributed by atoms with E-state index in [4.69, 9.17) is 21.4 Å². The Balaban J connectivity index is 1.17. The number of nitrogens with zero attached hydrogens (tertiary/aromatic N) is 3. The molecule has 4 aliphatic carbocycles. The first kappa shape index (κ1) is 24.4. The lowest BCUT2D eigenvalue weighted by molar-refractivity contribution is -0.0133. The number of ether oxygens (including phenoxy) is 1. The standard InChI is InChI=1S/C29H34ClN5O2/c1-17-26(29(36)32-10-9-31-27-21-12-18-11-19(14-21)15-22(27)13-18)34-35(24-7-8-25(37-2)33-16-24)28(17)20-3-5-23(30)6-4-20/h3-8,16,18-19,21-22,27,31H,9-15H2,1-2H3,(H,32,36). The van der Waals surface area contributed by atoms with E-state index >= 15 is 0 Å². The topological polar surface area (TPSA) is 81.1 Å². The van der Waals surface area contributed by atoms with Gasteiger partial charge < -0.3 is 15.4 Å². The van der Waals surface area contributed by atoms with Crippen LogP contribution in [0.5, 0.6) is 5.88 Å². The van der Waals surface area contributed by atoms with Crippen molar-refractivity contribution in [2.45, 2.75) is 45.1 Å². The first-order valence-corrected chi connectivity index (χ1v) is 13.8. The third kappa shape index (κ3) is 4.75. The number of nitrogens with one attached hydrogen (secondary N) is 2. The summed E-state index contributed by atoms with van der Waals surface area (Å²) < 4.78 is 6.98. The summed E-state index contributed by atoms with van der Waals surface area (Å²) in [5.41, 5.74) is 3.73. The molecule has 2 N–H and O–H groups in total. The molecular weight excluding hydrogens is 486 g/mol. The van der Waals surface area contributed by atoms with Gasteiger partial charge in [-0.25, -0.2) is 9.67 Å². The van der Waals surface area contributed by atoms with Crippen LogP contribution in [-0.2, 0) is 0 Å². The second kappa shape index (κ2) is 10.1. The fourth-order valence-electron chi connectivity index (χ4n) is 7.22. The number of pyridine rings is 1. The maximum atomic E-state index is 13.3. The van der Waals surface area contributed by atoms with Crippen molar-refractivity contribution in [3.63, 3.8) is 0 Å². The minimum Gasteiger partial charge on any atom is -0.481 e. The highest BCUT2D eigenvalue weighted by atomic mass is 35.5. The normalized spacial score (nSPS) is 25.9. The second-order valence-electron chi connectivity index (χ2n) is 11.0. The molecule has 1 aromatic carbocycles. The third-order valence-corrected chi connectivity index (χ3v) is 8.90. The summed E-state index contributed by atoms with van der Waals surface area (Å²) >= 11 is 6.14. The van der Waals surface area contributed by atoms with Crippen LogP contribution in [0, 0.1) is 30.6 Å². The van der Waals surface area contributed by atoms with Crippen molar-refractivity contribution < 1.29 is 9.53 Å². The summed E-state index contributed by atoms with van der Waals surface area (Å²) in [6, 6.07) is 11.9. The molecular formula is C29H34ClN5O2. The van der Waals surface area contributed by atoms with Gasteiger partial charge >= 0.3 is 0 Å². The number of hydrogen-bond donors (Lipinski definition) is 2. The van der Waals surface area contributed by atoms with Crippen LogP contribution in [0.15, 0.2) is 42.6 Å². The number of amides is 1. The van der Waals surface area contributed by atoms with Gasteiger partial charge in [0.15, 0.2) is 5.69 Å². The summed E-state index contributed by atoms with van der Waals surface area (Å²) in [5, 5.41) is 12.3. The number of benzene rings is 1. The van der Waals surface area contributed by atoms with Crippen molar-refractivity contribution in [2.75, 3.05) is 20.2 Å². The predicted molar refractivity (Wildman–Crippen MR) is 144 cm³/mol. The zero-order chi connectivity index (χ0) is 25.5. The molecule has 37 heavy (non-hydrogen) atoms. The van der Waals surface area contributed by atoms with Crippen LogP contribution in [0.2, 0.25) is 5.02 Å². The van der Waals surface area contributed by atoms with Crippen LogP contribution >= 0.6 is 11.6 Å². The molecule has 0 radical (unpaired) electrons. The Morgan fingerprint density at radius 2 is 1.73 bits per heavy atom. The fourth-order valence-corrected chi connectivity index (χ4v) is 7.35. The Hall–Kier alpha value is -2.90. The molecule has 4 fully saturated rings. The van der Waals surface area contributed by atoms with Gasteiger partial charge in [0.25, 0.3) is 5.91 Å². The summed E-state index contributed by atoms with van der Waals surface area (Å²) in [6.45, 7) is 3.30. The van der Waals surface area contributed by atoms with Gasteiger partial charge in [-0.2, -0.15) is 5.10 Å². The van der Waals surface area contributed by atoms with E-state index < -0.39 is 0 Å². The summed E-state index contributed by atoms with van der Waals surface area (Å²) in [5.74, 6) is 3.93. The Kier molecular flexibility index (Phi) is 6.67. The van der Waals surface area contributed by atoms with E-state index in [0.717, 1.165) is 52.7 Å². The van der Waals surface area contributed by atoms with E-state index in [1.165, 1.54) is 32.1 Å². The average molecular weight is 520 g/mol. The number of carbonyl (C=O) groups is 1. The first-order valence-electron chi connectivity index (χ1n) is 13.4. The van der Waals surface area contributed by atoms with Crippen molar-refractivity contribution in [3.8, 4) is 22.8 Å². The minimum atomic E-state index is -0.167. The van der Waals surface area contributed by atoms with E-state index in [2.05, 4.69) is 15.6 Å². The molecule has 4 aliphatic rings. The monoisotopic (exact) mass is 519 g/mol. The largest absolute Gasteiger partial charge is 0.481 e. The van der Waals surface area contributed by atoms with Crippen LogP contribution in [0.4, 0.5) is 0 Å². The van der Waals surface area contributed by atoms with E-state index in [0.29, 0.717) is 29.2 Å². The molecule has 2 aromatic heterocycles. The van der Waals surface area contributed by atoms with Gasteiger partial charge in [-0.1, -0.05) is 23.7 Å². The molecule has 3 aromatic rings. The SMILES string of the molecule is COc1ccc(-n2nc(C(=O)NCCNC3C4CC5CC(C4)CC3C5)c(C)c2-c2ccc(Cl)cc2)cn1. The van der Waals surface area contributed by atoms with Gasteiger partial charge in [-0.3, -0.25) is 4.79 Å². The van der Waals surface area contributed by atoms with Crippen molar-refractivity contribution in [2.24, 2.45) is 23.7 Å². The molecule has 0 aliphatic heterocycles. The Morgan fingerprint density at radius 3 is 2.35 bits per heavy atom. The summed E-state index contributed by atoms with van der Waals surface area (Å²) in [6.07, 6.45) is 8.72. The maximum absolute atomic E-state index is 13.3. The molecule has 8 heteroatoms. The van der Waals surface area contributed by atoms with Crippen molar-refractivity contribution in [1.82, 2.24) is 25.4 Å². The van der Waals surface area contributed by atoms with Gasteiger partial charge in [0.2, 0.25) is 5.88 Å². The smallest absolute Gasteiger partial charge is 0.272 e. The molecule has 4 bridgehead atoms.